The molecule has 0 bridgehead atoms. The SMILES string of the molecule is Nc1ccccc1N(CCO)S(=O)(=O)c1cn[nH]c1. The van der Waals surface area contributed by atoms with Gasteiger partial charge in [-0.3, -0.25) is 9.40 Å². The fraction of sp³-hybridized carbons (Fsp3) is 0.182. The van der Waals surface area contributed by atoms with Crippen LogP contribution in [-0.2, 0) is 10.0 Å². The first-order valence-corrected chi connectivity index (χ1v) is 6.98. The van der Waals surface area contributed by atoms with Gasteiger partial charge in [0.25, 0.3) is 10.0 Å². The number of para-hydroxylation sites is 2. The molecule has 0 fully saturated rings. The molecule has 0 atom stereocenters. The highest BCUT2D eigenvalue weighted by Crippen LogP contribution is 2.27. The zero-order valence-electron chi connectivity index (χ0n) is 10.0. The highest BCUT2D eigenvalue weighted by atomic mass is 32.2. The number of benzene rings is 1. The summed E-state index contributed by atoms with van der Waals surface area (Å²) >= 11 is 0. The van der Waals surface area contributed by atoms with Crippen molar-refractivity contribution < 1.29 is 13.5 Å². The molecule has 102 valence electrons. The molecule has 0 radical (unpaired) electrons. The minimum Gasteiger partial charge on any atom is -0.397 e. The van der Waals surface area contributed by atoms with Crippen LogP contribution in [-0.4, -0.2) is 36.9 Å². The number of nitrogen functional groups attached to an aromatic ring is 1. The minimum absolute atomic E-state index is 0.0178. The molecular formula is C11H14N4O3S. The Labute approximate surface area is 110 Å². The van der Waals surface area contributed by atoms with Crippen molar-refractivity contribution in [3.05, 3.63) is 36.7 Å². The van der Waals surface area contributed by atoms with E-state index in [1.807, 2.05) is 0 Å². The van der Waals surface area contributed by atoms with E-state index in [0.717, 1.165) is 4.31 Å². The summed E-state index contributed by atoms with van der Waals surface area (Å²) in [6, 6.07) is 6.58. The van der Waals surface area contributed by atoms with Gasteiger partial charge in [-0.15, -0.1) is 0 Å². The number of nitrogens with one attached hydrogen (secondary N) is 1. The zero-order valence-corrected chi connectivity index (χ0v) is 10.8. The van der Waals surface area contributed by atoms with Gasteiger partial charge in [0.15, 0.2) is 0 Å². The summed E-state index contributed by atoms with van der Waals surface area (Å²) in [5.74, 6) is 0. The van der Waals surface area contributed by atoms with E-state index in [1.165, 1.54) is 12.4 Å². The molecule has 0 aliphatic heterocycles. The number of nitrogens with two attached hydrogens (primary N) is 1. The third kappa shape index (κ3) is 2.54. The lowest BCUT2D eigenvalue weighted by atomic mass is 10.3. The summed E-state index contributed by atoms with van der Waals surface area (Å²) in [7, 11) is -3.80. The van der Waals surface area contributed by atoms with Crippen molar-refractivity contribution >= 4 is 21.4 Å². The van der Waals surface area contributed by atoms with Gasteiger partial charge in [-0.1, -0.05) is 12.1 Å². The first-order valence-electron chi connectivity index (χ1n) is 5.54. The van der Waals surface area contributed by atoms with Gasteiger partial charge in [0, 0.05) is 6.20 Å². The van der Waals surface area contributed by atoms with Crippen LogP contribution in [0.4, 0.5) is 11.4 Å². The molecule has 0 saturated carbocycles. The van der Waals surface area contributed by atoms with Crippen LogP contribution < -0.4 is 10.0 Å². The van der Waals surface area contributed by atoms with Gasteiger partial charge in [0.2, 0.25) is 0 Å². The molecule has 7 nitrogen and oxygen atoms in total. The fourth-order valence-corrected chi connectivity index (χ4v) is 3.07. The summed E-state index contributed by atoms with van der Waals surface area (Å²) < 4.78 is 25.9. The minimum atomic E-state index is -3.80. The van der Waals surface area contributed by atoms with Crippen LogP contribution in [0.2, 0.25) is 0 Å². The lowest BCUT2D eigenvalue weighted by Crippen LogP contribution is -2.34. The number of H-pyrrole nitrogens is 1. The predicted molar refractivity (Wildman–Crippen MR) is 71.1 cm³/mol. The molecule has 0 aliphatic rings. The molecule has 0 amide bonds. The number of hydrogen-bond acceptors (Lipinski definition) is 5. The van der Waals surface area contributed by atoms with Gasteiger partial charge in [0.05, 0.1) is 30.7 Å². The number of aromatic amines is 1. The van der Waals surface area contributed by atoms with Crippen molar-refractivity contribution in [3.8, 4) is 0 Å². The zero-order chi connectivity index (χ0) is 13.9. The molecule has 19 heavy (non-hydrogen) atoms. The largest absolute Gasteiger partial charge is 0.397 e. The summed E-state index contributed by atoms with van der Waals surface area (Å²) in [6.45, 7) is -0.396. The molecule has 1 heterocycles. The fourth-order valence-electron chi connectivity index (χ4n) is 1.68. The summed E-state index contributed by atoms with van der Waals surface area (Å²) in [5.41, 5.74) is 6.44. The van der Waals surface area contributed by atoms with Crippen LogP contribution in [0.3, 0.4) is 0 Å². The second-order valence-electron chi connectivity index (χ2n) is 3.79. The number of nitrogens with zero attached hydrogens (tertiary/aromatic N) is 2. The molecule has 0 unspecified atom stereocenters. The summed E-state index contributed by atoms with van der Waals surface area (Å²) in [4.78, 5) is 0.0178. The molecular weight excluding hydrogens is 268 g/mol. The topological polar surface area (TPSA) is 112 Å². The lowest BCUT2D eigenvalue weighted by molar-refractivity contribution is 0.306. The Balaban J connectivity index is 2.50. The number of hydrogen-bond donors (Lipinski definition) is 3. The van der Waals surface area contributed by atoms with Crippen molar-refractivity contribution in [2.24, 2.45) is 0 Å². The molecule has 8 heteroatoms. The Bertz CT molecular complexity index is 640. The smallest absolute Gasteiger partial charge is 0.267 e. The van der Waals surface area contributed by atoms with Crippen molar-refractivity contribution in [1.29, 1.82) is 0 Å². The Hall–Kier alpha value is -2.06. The quantitative estimate of drug-likeness (QED) is 0.677. The lowest BCUT2D eigenvalue weighted by Gasteiger charge is -2.24. The van der Waals surface area contributed by atoms with Crippen LogP contribution in [0, 0.1) is 0 Å². The van der Waals surface area contributed by atoms with Crippen LogP contribution >= 0.6 is 0 Å². The van der Waals surface area contributed by atoms with Crippen LogP contribution in [0.15, 0.2) is 41.6 Å². The van der Waals surface area contributed by atoms with E-state index in [2.05, 4.69) is 10.2 Å². The van der Waals surface area contributed by atoms with Gasteiger partial charge < -0.3 is 10.8 Å². The predicted octanol–water partition coefficient (Wildman–Crippen LogP) is 0.179. The van der Waals surface area contributed by atoms with Crippen molar-refractivity contribution in [2.75, 3.05) is 23.2 Å². The van der Waals surface area contributed by atoms with Crippen LogP contribution in [0.5, 0.6) is 0 Å². The number of aliphatic hydroxyl groups is 1. The second-order valence-corrected chi connectivity index (χ2v) is 5.66. The Morgan fingerprint density at radius 1 is 1.37 bits per heavy atom. The number of aromatic nitrogens is 2. The maximum atomic E-state index is 12.4. The number of sulfonamides is 1. The Kier molecular flexibility index (Phi) is 3.72. The van der Waals surface area contributed by atoms with Gasteiger partial charge in [-0.05, 0) is 12.1 Å². The van der Waals surface area contributed by atoms with Crippen molar-refractivity contribution in [1.82, 2.24) is 10.2 Å². The number of anilines is 2. The highest BCUT2D eigenvalue weighted by Gasteiger charge is 2.26. The normalized spacial score (nSPS) is 11.4. The summed E-state index contributed by atoms with van der Waals surface area (Å²) in [6.07, 6.45) is 2.48. The first-order chi connectivity index (χ1) is 9.07. The molecule has 2 rings (SSSR count). The maximum Gasteiger partial charge on any atom is 0.267 e. The first kappa shape index (κ1) is 13.4. The van der Waals surface area contributed by atoms with Gasteiger partial charge in [0.1, 0.15) is 4.90 Å². The Morgan fingerprint density at radius 3 is 2.68 bits per heavy atom. The molecule has 1 aromatic carbocycles. The van der Waals surface area contributed by atoms with E-state index >= 15 is 0 Å². The number of aliphatic hydroxyl groups excluding tert-OH is 1. The van der Waals surface area contributed by atoms with E-state index in [9.17, 15) is 8.42 Å². The van der Waals surface area contributed by atoms with Crippen LogP contribution in [0.25, 0.3) is 0 Å². The van der Waals surface area contributed by atoms with Crippen molar-refractivity contribution in [3.63, 3.8) is 0 Å². The molecule has 2 aromatic rings. The van der Waals surface area contributed by atoms with Gasteiger partial charge in [-0.25, -0.2) is 8.42 Å². The molecule has 0 aliphatic carbocycles. The second kappa shape index (κ2) is 5.29. The third-order valence-electron chi connectivity index (χ3n) is 2.57. The highest BCUT2D eigenvalue weighted by molar-refractivity contribution is 7.92. The Morgan fingerprint density at radius 2 is 2.11 bits per heavy atom. The van der Waals surface area contributed by atoms with E-state index < -0.39 is 10.0 Å². The third-order valence-corrected chi connectivity index (χ3v) is 4.35. The molecule has 1 aromatic heterocycles. The average molecular weight is 282 g/mol. The summed E-state index contributed by atoms with van der Waals surface area (Å²) in [5, 5.41) is 15.2. The van der Waals surface area contributed by atoms with Crippen molar-refractivity contribution in [2.45, 2.75) is 4.90 Å². The van der Waals surface area contributed by atoms with E-state index in [1.54, 1.807) is 24.3 Å². The maximum absolute atomic E-state index is 12.4. The average Bonchev–Trinajstić information content (AvgIpc) is 2.91. The molecule has 0 saturated heterocycles. The van der Waals surface area contributed by atoms with E-state index in [0.29, 0.717) is 11.4 Å². The van der Waals surface area contributed by atoms with Gasteiger partial charge >= 0.3 is 0 Å². The van der Waals surface area contributed by atoms with E-state index in [-0.39, 0.29) is 18.0 Å². The molecule has 4 N–H and O–H groups in total. The van der Waals surface area contributed by atoms with Crippen LogP contribution in [0.1, 0.15) is 0 Å². The van der Waals surface area contributed by atoms with Gasteiger partial charge in [-0.2, -0.15) is 5.10 Å². The molecule has 0 spiro atoms. The standard InChI is InChI=1S/C11H14N4O3S/c12-10-3-1-2-4-11(10)15(5-6-16)19(17,18)9-7-13-14-8-9/h1-4,7-8,16H,5-6,12H2,(H,13,14). The number of rotatable bonds is 5. The monoisotopic (exact) mass is 282 g/mol. The van der Waals surface area contributed by atoms with E-state index in [4.69, 9.17) is 10.8 Å².